The highest BCUT2D eigenvalue weighted by Gasteiger charge is 2.19. The van der Waals surface area contributed by atoms with E-state index in [1.165, 1.54) is 18.2 Å². The third-order valence-corrected chi connectivity index (χ3v) is 3.15. The number of carbonyl (C=O) groups is 1. The molecule has 1 atom stereocenters. The van der Waals surface area contributed by atoms with Crippen molar-refractivity contribution in [3.8, 4) is 0 Å². The van der Waals surface area contributed by atoms with E-state index < -0.39 is 5.91 Å². The van der Waals surface area contributed by atoms with Gasteiger partial charge in [-0.05, 0) is 31.5 Å². The largest absolute Gasteiger partial charge is 0.451 e. The molecule has 2 N–H and O–H groups in total. The third-order valence-electron chi connectivity index (χ3n) is 3.15. The van der Waals surface area contributed by atoms with E-state index >= 15 is 0 Å². The molecule has 0 spiro atoms. The van der Waals surface area contributed by atoms with Gasteiger partial charge in [0, 0.05) is 10.9 Å². The Bertz CT molecular complexity index is 602. The van der Waals surface area contributed by atoms with Crippen LogP contribution in [0.2, 0.25) is 0 Å². The molecule has 0 fully saturated rings. The topological polar surface area (TPSA) is 62.5 Å². The quantitative estimate of drug-likeness (QED) is 0.892. The summed E-state index contributed by atoms with van der Waals surface area (Å²) in [5, 5.41) is 12.3. The molecule has 0 unspecified atom stereocenters. The van der Waals surface area contributed by atoms with Crippen LogP contribution in [-0.2, 0) is 0 Å². The van der Waals surface area contributed by atoms with Gasteiger partial charge < -0.3 is 14.8 Å². The zero-order chi connectivity index (χ0) is 14.0. The van der Waals surface area contributed by atoms with E-state index in [1.807, 2.05) is 6.92 Å². The molecule has 0 aliphatic rings. The fraction of sp³-hybridized carbons (Fsp3) is 0.357. The van der Waals surface area contributed by atoms with Gasteiger partial charge >= 0.3 is 0 Å². The molecule has 1 aromatic carbocycles. The molecule has 0 bridgehead atoms. The standard InChI is InChI=1S/C14H16FNO3/c1-3-10(7-17)16-14(18)13-8(2)11-6-9(15)4-5-12(11)19-13/h4-6,10,17H,3,7H2,1-2H3,(H,16,18)/t10-/m0/s1. The van der Waals surface area contributed by atoms with Crippen LogP contribution in [0.4, 0.5) is 4.39 Å². The number of aliphatic hydroxyl groups is 1. The van der Waals surface area contributed by atoms with Crippen LogP contribution in [0, 0.1) is 12.7 Å². The van der Waals surface area contributed by atoms with E-state index in [1.54, 1.807) is 6.92 Å². The minimum atomic E-state index is -0.394. The van der Waals surface area contributed by atoms with Gasteiger partial charge in [0.05, 0.1) is 12.6 Å². The predicted octanol–water partition coefficient (Wildman–Crippen LogP) is 2.38. The highest BCUT2D eigenvalue weighted by atomic mass is 19.1. The molecule has 0 radical (unpaired) electrons. The molecule has 5 heteroatoms. The van der Waals surface area contributed by atoms with Gasteiger partial charge in [-0.2, -0.15) is 0 Å². The molecule has 0 aliphatic carbocycles. The molecule has 102 valence electrons. The van der Waals surface area contributed by atoms with E-state index in [9.17, 15) is 9.18 Å². The summed E-state index contributed by atoms with van der Waals surface area (Å²) >= 11 is 0. The van der Waals surface area contributed by atoms with E-state index in [4.69, 9.17) is 9.52 Å². The number of aliphatic hydroxyl groups excluding tert-OH is 1. The number of amides is 1. The maximum absolute atomic E-state index is 13.2. The first-order valence-corrected chi connectivity index (χ1v) is 6.17. The number of rotatable bonds is 4. The lowest BCUT2D eigenvalue weighted by Gasteiger charge is -2.12. The molecule has 1 amide bonds. The van der Waals surface area contributed by atoms with E-state index in [0.717, 1.165) is 0 Å². The van der Waals surface area contributed by atoms with Crippen molar-refractivity contribution in [3.63, 3.8) is 0 Å². The second kappa shape index (κ2) is 5.40. The fourth-order valence-electron chi connectivity index (χ4n) is 1.94. The first-order valence-electron chi connectivity index (χ1n) is 6.17. The number of halogens is 1. The van der Waals surface area contributed by atoms with Crippen LogP contribution >= 0.6 is 0 Å². The van der Waals surface area contributed by atoms with Gasteiger partial charge in [0.25, 0.3) is 5.91 Å². The lowest BCUT2D eigenvalue weighted by Crippen LogP contribution is -2.37. The minimum absolute atomic E-state index is 0.129. The Labute approximate surface area is 110 Å². The lowest BCUT2D eigenvalue weighted by atomic mass is 10.1. The molecular formula is C14H16FNO3. The number of hydrogen-bond acceptors (Lipinski definition) is 3. The van der Waals surface area contributed by atoms with Gasteiger partial charge in [-0.1, -0.05) is 6.92 Å². The zero-order valence-corrected chi connectivity index (χ0v) is 10.9. The van der Waals surface area contributed by atoms with Crippen LogP contribution in [0.3, 0.4) is 0 Å². The molecule has 2 rings (SSSR count). The Morgan fingerprint density at radius 1 is 1.53 bits per heavy atom. The zero-order valence-electron chi connectivity index (χ0n) is 10.9. The average molecular weight is 265 g/mol. The molecule has 0 saturated heterocycles. The lowest BCUT2D eigenvalue weighted by molar-refractivity contribution is 0.0888. The van der Waals surface area contributed by atoms with Crippen molar-refractivity contribution in [2.24, 2.45) is 0 Å². The Morgan fingerprint density at radius 2 is 2.26 bits per heavy atom. The maximum atomic E-state index is 13.2. The number of nitrogens with one attached hydrogen (secondary N) is 1. The van der Waals surface area contributed by atoms with E-state index in [2.05, 4.69) is 5.32 Å². The van der Waals surface area contributed by atoms with Crippen LogP contribution in [0.15, 0.2) is 22.6 Å². The fourth-order valence-corrected chi connectivity index (χ4v) is 1.94. The first kappa shape index (κ1) is 13.5. The van der Waals surface area contributed by atoms with E-state index in [-0.39, 0.29) is 24.2 Å². The molecular weight excluding hydrogens is 249 g/mol. The van der Waals surface area contributed by atoms with Crippen molar-refractivity contribution >= 4 is 16.9 Å². The summed E-state index contributed by atoms with van der Waals surface area (Å²) in [4.78, 5) is 12.0. The van der Waals surface area contributed by atoms with Crippen LogP contribution in [0.5, 0.6) is 0 Å². The van der Waals surface area contributed by atoms with Gasteiger partial charge in [-0.3, -0.25) is 4.79 Å². The molecule has 0 aliphatic heterocycles. The monoisotopic (exact) mass is 265 g/mol. The van der Waals surface area contributed by atoms with Crippen molar-refractivity contribution < 1.29 is 18.7 Å². The smallest absolute Gasteiger partial charge is 0.287 e. The SMILES string of the molecule is CC[C@@H](CO)NC(=O)c1oc2ccc(F)cc2c1C. The van der Waals surface area contributed by atoms with Crippen LogP contribution in [0.1, 0.15) is 29.5 Å². The van der Waals surface area contributed by atoms with Gasteiger partial charge in [0.15, 0.2) is 5.76 Å². The number of hydrogen-bond donors (Lipinski definition) is 2. The summed E-state index contributed by atoms with van der Waals surface area (Å²) in [5.41, 5.74) is 1.07. The van der Waals surface area contributed by atoms with Gasteiger partial charge in [0.2, 0.25) is 0 Å². The summed E-state index contributed by atoms with van der Waals surface area (Å²) in [6, 6.07) is 3.82. The summed E-state index contributed by atoms with van der Waals surface area (Å²) in [7, 11) is 0. The van der Waals surface area contributed by atoms with Crippen LogP contribution < -0.4 is 5.32 Å². The maximum Gasteiger partial charge on any atom is 0.287 e. The minimum Gasteiger partial charge on any atom is -0.451 e. The van der Waals surface area contributed by atoms with Crippen molar-refractivity contribution in [1.29, 1.82) is 0 Å². The average Bonchev–Trinajstić information content (AvgIpc) is 2.73. The second-order valence-corrected chi connectivity index (χ2v) is 4.46. The number of aryl methyl sites for hydroxylation is 1. The third kappa shape index (κ3) is 2.61. The van der Waals surface area contributed by atoms with Crippen molar-refractivity contribution in [2.75, 3.05) is 6.61 Å². The molecule has 4 nitrogen and oxygen atoms in total. The van der Waals surface area contributed by atoms with Gasteiger partial charge in [-0.25, -0.2) is 4.39 Å². The molecule has 0 saturated carbocycles. The molecule has 1 heterocycles. The predicted molar refractivity (Wildman–Crippen MR) is 69.5 cm³/mol. The second-order valence-electron chi connectivity index (χ2n) is 4.46. The normalized spacial score (nSPS) is 12.6. The highest BCUT2D eigenvalue weighted by Crippen LogP contribution is 2.25. The van der Waals surface area contributed by atoms with Crippen LogP contribution in [0.25, 0.3) is 11.0 Å². The summed E-state index contributed by atoms with van der Waals surface area (Å²) in [6.07, 6.45) is 0.621. The Kier molecular flexibility index (Phi) is 3.85. The van der Waals surface area contributed by atoms with Crippen molar-refractivity contribution in [2.45, 2.75) is 26.3 Å². The van der Waals surface area contributed by atoms with Crippen LogP contribution in [-0.4, -0.2) is 23.7 Å². The van der Waals surface area contributed by atoms with Crippen molar-refractivity contribution in [1.82, 2.24) is 5.32 Å². The summed E-state index contributed by atoms with van der Waals surface area (Å²) in [6.45, 7) is 3.44. The Morgan fingerprint density at radius 3 is 2.89 bits per heavy atom. The van der Waals surface area contributed by atoms with E-state index in [0.29, 0.717) is 23.0 Å². The summed E-state index contributed by atoms with van der Waals surface area (Å²) in [5.74, 6) is -0.604. The molecule has 19 heavy (non-hydrogen) atoms. The number of fused-ring (bicyclic) bond motifs is 1. The number of carbonyl (C=O) groups excluding carboxylic acids is 1. The Balaban J connectivity index is 2.35. The van der Waals surface area contributed by atoms with Gasteiger partial charge in [-0.15, -0.1) is 0 Å². The summed E-state index contributed by atoms with van der Waals surface area (Å²) < 4.78 is 18.6. The van der Waals surface area contributed by atoms with Gasteiger partial charge in [0.1, 0.15) is 11.4 Å². The van der Waals surface area contributed by atoms with Crippen molar-refractivity contribution in [3.05, 3.63) is 35.3 Å². The number of furan rings is 1. The first-order chi connectivity index (χ1) is 9.06. The molecule has 1 aromatic heterocycles. The highest BCUT2D eigenvalue weighted by molar-refractivity contribution is 5.99. The molecule has 2 aromatic rings. The Hall–Kier alpha value is -1.88. The number of benzene rings is 1.